The van der Waals surface area contributed by atoms with Gasteiger partial charge in [-0.15, -0.1) is 0 Å². The van der Waals surface area contributed by atoms with Crippen LogP contribution in [0, 0.1) is 18.8 Å². The van der Waals surface area contributed by atoms with Gasteiger partial charge in [0.2, 0.25) is 11.8 Å². The molecule has 2 amide bonds. The van der Waals surface area contributed by atoms with Gasteiger partial charge in [0.1, 0.15) is 5.69 Å². The number of amides is 2. The molecule has 2 aliphatic heterocycles. The molecule has 0 aliphatic carbocycles. The summed E-state index contributed by atoms with van der Waals surface area (Å²) in [6.45, 7) is 11.4. The Bertz CT molecular complexity index is 997. The molecule has 2 aromatic rings. The third-order valence-corrected chi connectivity index (χ3v) is 7.19. The number of nitrogens with zero attached hydrogens (tertiary/aromatic N) is 4. The number of carbonyl (C=O) groups is 2. The van der Waals surface area contributed by atoms with Gasteiger partial charge in [0.05, 0.1) is 11.4 Å². The van der Waals surface area contributed by atoms with Gasteiger partial charge in [0.15, 0.2) is 5.82 Å². The molecule has 0 saturated carbocycles. The van der Waals surface area contributed by atoms with Gasteiger partial charge in [-0.25, -0.2) is 4.68 Å². The molecule has 190 valence electrons. The van der Waals surface area contributed by atoms with E-state index in [4.69, 9.17) is 5.10 Å². The van der Waals surface area contributed by atoms with Crippen LogP contribution in [0.5, 0.6) is 0 Å². The van der Waals surface area contributed by atoms with Gasteiger partial charge in [-0.2, -0.15) is 5.10 Å². The number of anilines is 2. The topological polar surface area (TPSA) is 82.5 Å². The van der Waals surface area contributed by atoms with Crippen molar-refractivity contribution in [3.63, 3.8) is 0 Å². The second-order valence-corrected chi connectivity index (χ2v) is 10.2. The molecule has 35 heavy (non-hydrogen) atoms. The fourth-order valence-corrected chi connectivity index (χ4v) is 5.38. The molecule has 4 rings (SSSR count). The lowest BCUT2D eigenvalue weighted by molar-refractivity contribution is -0.125. The van der Waals surface area contributed by atoms with Gasteiger partial charge in [-0.05, 0) is 70.2 Å². The van der Waals surface area contributed by atoms with E-state index in [1.807, 2.05) is 41.9 Å². The number of likely N-dealkylation sites (tertiary alicyclic amines) is 1. The maximum atomic E-state index is 12.8. The van der Waals surface area contributed by atoms with E-state index in [1.165, 1.54) is 32.9 Å². The van der Waals surface area contributed by atoms with Gasteiger partial charge in [0.25, 0.3) is 0 Å². The van der Waals surface area contributed by atoms with Gasteiger partial charge in [0, 0.05) is 39.0 Å². The minimum atomic E-state index is -0.116. The molecule has 1 atom stereocenters. The summed E-state index contributed by atoms with van der Waals surface area (Å²) < 4.78 is 1.91. The quantitative estimate of drug-likeness (QED) is 0.564. The molecule has 0 spiro atoms. The zero-order valence-electron chi connectivity index (χ0n) is 21.4. The predicted octanol–water partition coefficient (Wildman–Crippen LogP) is 3.59. The molecule has 1 aromatic carbocycles. The van der Waals surface area contributed by atoms with Crippen LogP contribution in [-0.4, -0.2) is 65.8 Å². The van der Waals surface area contributed by atoms with Crippen LogP contribution in [0.25, 0.3) is 5.69 Å². The molecule has 8 heteroatoms. The standard InChI is InChI=1S/C27H40N6O2/c1-20-9-7-15-31(19-20)16-8-14-28-26(35)23-12-17-32(18-13-23)27-25(29-22(3)34)21(2)30-33(27)24-10-5-4-6-11-24/h4-6,10-11,20,23H,7-9,12-19H2,1-3H3,(H,28,35)(H,29,34). The number of nitrogens with one attached hydrogen (secondary N) is 2. The highest BCUT2D eigenvalue weighted by molar-refractivity contribution is 5.93. The van der Waals surface area contributed by atoms with E-state index < -0.39 is 0 Å². The van der Waals surface area contributed by atoms with Crippen molar-refractivity contribution in [1.29, 1.82) is 0 Å². The first kappa shape index (κ1) is 25.2. The van der Waals surface area contributed by atoms with Crippen LogP contribution < -0.4 is 15.5 Å². The second kappa shape index (κ2) is 11.7. The van der Waals surface area contributed by atoms with Crippen molar-refractivity contribution in [2.24, 2.45) is 11.8 Å². The Labute approximate surface area is 209 Å². The molecule has 1 unspecified atom stereocenters. The van der Waals surface area contributed by atoms with E-state index in [0.717, 1.165) is 74.2 Å². The molecule has 3 heterocycles. The van der Waals surface area contributed by atoms with Crippen LogP contribution in [-0.2, 0) is 9.59 Å². The zero-order chi connectivity index (χ0) is 24.8. The van der Waals surface area contributed by atoms with Gasteiger partial charge in [-0.1, -0.05) is 25.1 Å². The Hall–Kier alpha value is -2.87. The highest BCUT2D eigenvalue weighted by Gasteiger charge is 2.29. The normalized spacial score (nSPS) is 19.5. The summed E-state index contributed by atoms with van der Waals surface area (Å²) in [5.41, 5.74) is 2.48. The minimum Gasteiger partial charge on any atom is -0.356 e. The third kappa shape index (κ3) is 6.42. The molecular formula is C27H40N6O2. The number of hydrogen-bond acceptors (Lipinski definition) is 5. The maximum Gasteiger partial charge on any atom is 0.223 e. The lowest BCUT2D eigenvalue weighted by Gasteiger charge is -2.34. The SMILES string of the molecule is CC(=O)Nc1c(C)nn(-c2ccccc2)c1N1CCC(C(=O)NCCCN2CCCC(C)C2)CC1. The Kier molecular flexibility index (Phi) is 8.44. The number of carbonyl (C=O) groups excluding carboxylic acids is 2. The summed E-state index contributed by atoms with van der Waals surface area (Å²) in [5.74, 6) is 1.76. The molecule has 2 saturated heterocycles. The van der Waals surface area contributed by atoms with Crippen LogP contribution in [0.2, 0.25) is 0 Å². The lowest BCUT2D eigenvalue weighted by Crippen LogP contribution is -2.42. The summed E-state index contributed by atoms with van der Waals surface area (Å²) in [6.07, 6.45) is 5.21. The highest BCUT2D eigenvalue weighted by atomic mass is 16.2. The van der Waals surface area contributed by atoms with Gasteiger partial charge in [-0.3, -0.25) is 9.59 Å². The summed E-state index contributed by atoms with van der Waals surface area (Å²) >= 11 is 0. The Morgan fingerprint density at radius 1 is 1.09 bits per heavy atom. The van der Waals surface area contributed by atoms with Crippen LogP contribution in [0.3, 0.4) is 0 Å². The minimum absolute atomic E-state index is 0.0275. The van der Waals surface area contributed by atoms with E-state index in [9.17, 15) is 9.59 Å². The number of benzene rings is 1. The van der Waals surface area contributed by atoms with Crippen molar-refractivity contribution >= 4 is 23.3 Å². The average molecular weight is 481 g/mol. The molecule has 2 N–H and O–H groups in total. The molecule has 0 bridgehead atoms. The van der Waals surface area contributed by atoms with Crippen molar-refractivity contribution in [2.45, 2.75) is 52.9 Å². The Balaban J connectivity index is 1.34. The number of piperidine rings is 2. The Morgan fingerprint density at radius 3 is 2.51 bits per heavy atom. The summed E-state index contributed by atoms with van der Waals surface area (Å²) in [5, 5.41) is 10.9. The molecule has 0 radical (unpaired) electrons. The summed E-state index contributed by atoms with van der Waals surface area (Å²) in [4.78, 5) is 29.5. The van der Waals surface area contributed by atoms with E-state index in [1.54, 1.807) is 0 Å². The van der Waals surface area contributed by atoms with E-state index in [2.05, 4.69) is 27.4 Å². The molecule has 8 nitrogen and oxygen atoms in total. The maximum absolute atomic E-state index is 12.8. The first-order valence-electron chi connectivity index (χ1n) is 13.1. The smallest absolute Gasteiger partial charge is 0.223 e. The fourth-order valence-electron chi connectivity index (χ4n) is 5.38. The van der Waals surface area contributed by atoms with Crippen molar-refractivity contribution in [3.8, 4) is 5.69 Å². The van der Waals surface area contributed by atoms with E-state index in [0.29, 0.717) is 0 Å². The van der Waals surface area contributed by atoms with Crippen molar-refractivity contribution in [1.82, 2.24) is 20.0 Å². The summed E-state index contributed by atoms with van der Waals surface area (Å²) in [6, 6.07) is 9.97. The number of aryl methyl sites for hydroxylation is 1. The third-order valence-electron chi connectivity index (χ3n) is 7.19. The fraction of sp³-hybridized carbons (Fsp3) is 0.593. The lowest BCUT2D eigenvalue weighted by atomic mass is 9.95. The molecular weight excluding hydrogens is 440 g/mol. The largest absolute Gasteiger partial charge is 0.356 e. The van der Waals surface area contributed by atoms with Crippen LogP contribution in [0.15, 0.2) is 30.3 Å². The van der Waals surface area contributed by atoms with Crippen LogP contribution in [0.1, 0.15) is 51.6 Å². The first-order chi connectivity index (χ1) is 16.9. The average Bonchev–Trinajstić information content (AvgIpc) is 3.17. The van der Waals surface area contributed by atoms with E-state index >= 15 is 0 Å². The first-order valence-corrected chi connectivity index (χ1v) is 13.1. The van der Waals surface area contributed by atoms with Gasteiger partial charge >= 0.3 is 0 Å². The number of rotatable bonds is 8. The van der Waals surface area contributed by atoms with E-state index in [-0.39, 0.29) is 17.7 Å². The number of para-hydroxylation sites is 1. The molecule has 2 fully saturated rings. The van der Waals surface area contributed by atoms with Crippen molar-refractivity contribution < 1.29 is 9.59 Å². The van der Waals surface area contributed by atoms with Crippen molar-refractivity contribution in [2.75, 3.05) is 49.5 Å². The molecule has 2 aliphatic rings. The number of hydrogen-bond donors (Lipinski definition) is 2. The molecule has 1 aromatic heterocycles. The van der Waals surface area contributed by atoms with Crippen molar-refractivity contribution in [3.05, 3.63) is 36.0 Å². The second-order valence-electron chi connectivity index (χ2n) is 10.2. The van der Waals surface area contributed by atoms with Crippen LogP contribution >= 0.6 is 0 Å². The number of aromatic nitrogens is 2. The Morgan fingerprint density at radius 2 is 1.83 bits per heavy atom. The van der Waals surface area contributed by atoms with Crippen LogP contribution in [0.4, 0.5) is 11.5 Å². The highest BCUT2D eigenvalue weighted by Crippen LogP contribution is 2.34. The van der Waals surface area contributed by atoms with Gasteiger partial charge < -0.3 is 20.4 Å². The summed E-state index contributed by atoms with van der Waals surface area (Å²) in [7, 11) is 0. The predicted molar refractivity (Wildman–Crippen MR) is 140 cm³/mol. The monoisotopic (exact) mass is 480 g/mol. The zero-order valence-corrected chi connectivity index (χ0v) is 21.4.